The Morgan fingerprint density at radius 2 is 1.05 bits per heavy atom. The highest BCUT2D eigenvalue weighted by Gasteiger charge is 2.05. The maximum Gasteiger partial charge on any atom is -0.0386 e. The van der Waals surface area contributed by atoms with E-state index in [1.807, 2.05) is 0 Å². The van der Waals surface area contributed by atoms with Gasteiger partial charge in [0.1, 0.15) is 0 Å². The minimum atomic E-state index is 1.01. The van der Waals surface area contributed by atoms with Gasteiger partial charge in [-0.05, 0) is 12.3 Å². The molecule has 0 aromatic carbocycles. The minimum absolute atomic E-state index is 1.01. The molecule has 0 unspecified atom stereocenters. The lowest BCUT2D eigenvalue weighted by Gasteiger charge is -2.14. The summed E-state index contributed by atoms with van der Waals surface area (Å²) in [5.41, 5.74) is 0. The first-order valence-electron chi connectivity index (χ1n) is 10.2. The van der Waals surface area contributed by atoms with Crippen LogP contribution >= 0.6 is 0 Å². The van der Waals surface area contributed by atoms with Crippen LogP contribution in [0.4, 0.5) is 0 Å². The largest absolute Gasteiger partial charge is 0.0654 e. The molecule has 0 aliphatic carbocycles. The van der Waals surface area contributed by atoms with Crippen molar-refractivity contribution in [3.05, 3.63) is 6.42 Å². The van der Waals surface area contributed by atoms with Crippen molar-refractivity contribution in [2.45, 2.75) is 124 Å². The number of unbranched alkanes of at least 4 members (excludes halogenated alkanes) is 11. The van der Waals surface area contributed by atoms with Crippen LogP contribution in [0.3, 0.4) is 0 Å². The molecule has 0 aliphatic rings. The van der Waals surface area contributed by atoms with Gasteiger partial charge in [-0.1, -0.05) is 124 Å². The van der Waals surface area contributed by atoms with Gasteiger partial charge in [0.2, 0.25) is 0 Å². The standard InChI is InChI=1S/C21H43/c1-4-7-8-9-10-11-12-13-14-15-16-17-20-21(18-5-2)19-6-3/h15,21H,4-14,16-20H2,1-3H3. The van der Waals surface area contributed by atoms with Crippen LogP contribution in [0.2, 0.25) is 0 Å². The Morgan fingerprint density at radius 3 is 1.62 bits per heavy atom. The molecule has 0 rings (SSSR count). The lowest BCUT2D eigenvalue weighted by atomic mass is 9.92. The van der Waals surface area contributed by atoms with Gasteiger partial charge in [-0.2, -0.15) is 0 Å². The number of hydrogen-bond donors (Lipinski definition) is 0. The summed E-state index contributed by atoms with van der Waals surface area (Å²) >= 11 is 0. The van der Waals surface area contributed by atoms with Gasteiger partial charge in [-0.15, -0.1) is 0 Å². The average Bonchev–Trinajstić information content (AvgIpc) is 2.48. The van der Waals surface area contributed by atoms with E-state index >= 15 is 0 Å². The van der Waals surface area contributed by atoms with Crippen molar-refractivity contribution in [3.63, 3.8) is 0 Å². The van der Waals surface area contributed by atoms with E-state index in [4.69, 9.17) is 0 Å². The normalized spacial score (nSPS) is 11.4. The van der Waals surface area contributed by atoms with Crippen LogP contribution in [-0.4, -0.2) is 0 Å². The van der Waals surface area contributed by atoms with Crippen LogP contribution in [0.25, 0.3) is 0 Å². The van der Waals surface area contributed by atoms with E-state index in [0.29, 0.717) is 0 Å². The molecule has 0 heteroatoms. The predicted molar refractivity (Wildman–Crippen MR) is 98.7 cm³/mol. The molecular weight excluding hydrogens is 252 g/mol. The SMILES string of the molecule is CCCCCCCCCC[CH]CCCC(CCC)CCC. The van der Waals surface area contributed by atoms with Crippen LogP contribution in [-0.2, 0) is 0 Å². The zero-order valence-corrected chi connectivity index (χ0v) is 15.5. The minimum Gasteiger partial charge on any atom is -0.0654 e. The van der Waals surface area contributed by atoms with Crippen LogP contribution in [0.15, 0.2) is 0 Å². The summed E-state index contributed by atoms with van der Waals surface area (Å²) < 4.78 is 0. The Balaban J connectivity index is 3.17. The fraction of sp³-hybridized carbons (Fsp3) is 0.952. The Labute approximate surface area is 136 Å². The molecule has 0 N–H and O–H groups in total. The van der Waals surface area contributed by atoms with Gasteiger partial charge in [-0.25, -0.2) is 0 Å². The van der Waals surface area contributed by atoms with Crippen LogP contribution in [0.1, 0.15) is 124 Å². The van der Waals surface area contributed by atoms with E-state index in [2.05, 4.69) is 27.2 Å². The van der Waals surface area contributed by atoms with E-state index in [-0.39, 0.29) is 0 Å². The Kier molecular flexibility index (Phi) is 18.1. The maximum atomic E-state index is 2.56. The van der Waals surface area contributed by atoms with E-state index in [0.717, 1.165) is 5.92 Å². The van der Waals surface area contributed by atoms with Crippen LogP contribution in [0.5, 0.6) is 0 Å². The van der Waals surface area contributed by atoms with Crippen molar-refractivity contribution in [3.8, 4) is 0 Å². The molecule has 0 amide bonds. The van der Waals surface area contributed by atoms with Gasteiger partial charge < -0.3 is 0 Å². The molecule has 127 valence electrons. The molecule has 0 spiro atoms. The molecule has 0 aromatic rings. The van der Waals surface area contributed by atoms with Gasteiger partial charge in [0.15, 0.2) is 0 Å². The fourth-order valence-electron chi connectivity index (χ4n) is 3.37. The van der Waals surface area contributed by atoms with Gasteiger partial charge in [0.05, 0.1) is 0 Å². The Bertz CT molecular complexity index is 167. The second-order valence-corrected chi connectivity index (χ2v) is 6.93. The van der Waals surface area contributed by atoms with Crippen molar-refractivity contribution >= 4 is 0 Å². The van der Waals surface area contributed by atoms with Crippen LogP contribution in [0, 0.1) is 12.3 Å². The zero-order chi connectivity index (χ0) is 15.6. The highest BCUT2D eigenvalue weighted by atomic mass is 14.1. The third-order valence-corrected chi connectivity index (χ3v) is 4.68. The maximum absolute atomic E-state index is 2.56. The molecule has 0 saturated carbocycles. The predicted octanol–water partition coefficient (Wildman–Crippen LogP) is 8.11. The highest BCUT2D eigenvalue weighted by molar-refractivity contribution is 4.67. The first kappa shape index (κ1) is 21.0. The molecule has 0 aliphatic heterocycles. The summed E-state index contributed by atoms with van der Waals surface area (Å²) in [7, 11) is 0. The first-order chi connectivity index (χ1) is 10.3. The highest BCUT2D eigenvalue weighted by Crippen LogP contribution is 2.21. The molecule has 0 atom stereocenters. The van der Waals surface area contributed by atoms with Crippen molar-refractivity contribution in [2.24, 2.45) is 5.92 Å². The number of rotatable bonds is 17. The van der Waals surface area contributed by atoms with Crippen LogP contribution < -0.4 is 0 Å². The van der Waals surface area contributed by atoms with Crippen molar-refractivity contribution in [1.82, 2.24) is 0 Å². The molecule has 0 heterocycles. The first-order valence-corrected chi connectivity index (χ1v) is 10.2. The van der Waals surface area contributed by atoms with Gasteiger partial charge in [0.25, 0.3) is 0 Å². The average molecular weight is 296 g/mol. The fourth-order valence-corrected chi connectivity index (χ4v) is 3.37. The lowest BCUT2D eigenvalue weighted by molar-refractivity contribution is 0.398. The van der Waals surface area contributed by atoms with E-state index in [1.165, 1.54) is 103 Å². The third kappa shape index (κ3) is 16.2. The zero-order valence-electron chi connectivity index (χ0n) is 15.5. The van der Waals surface area contributed by atoms with Gasteiger partial charge >= 0.3 is 0 Å². The number of hydrogen-bond acceptors (Lipinski definition) is 0. The summed E-state index contributed by atoms with van der Waals surface area (Å²) in [5.74, 6) is 1.01. The molecule has 0 saturated heterocycles. The van der Waals surface area contributed by atoms with Gasteiger partial charge in [0, 0.05) is 0 Å². The molecule has 0 fully saturated rings. The van der Waals surface area contributed by atoms with Crippen molar-refractivity contribution < 1.29 is 0 Å². The summed E-state index contributed by atoms with van der Waals surface area (Å²) in [6.45, 7) is 6.95. The molecule has 0 aromatic heterocycles. The quantitative estimate of drug-likeness (QED) is 0.238. The summed E-state index contributed by atoms with van der Waals surface area (Å²) in [6, 6.07) is 0. The molecule has 21 heavy (non-hydrogen) atoms. The van der Waals surface area contributed by atoms with E-state index in [9.17, 15) is 0 Å². The van der Waals surface area contributed by atoms with Crippen molar-refractivity contribution in [2.75, 3.05) is 0 Å². The summed E-state index contributed by atoms with van der Waals surface area (Å²) in [6.07, 6.45) is 25.4. The smallest absolute Gasteiger partial charge is 0.0386 e. The lowest BCUT2D eigenvalue weighted by Crippen LogP contribution is -1.99. The molecular formula is C21H43. The molecule has 1 radical (unpaired) electrons. The Hall–Kier alpha value is 0. The second-order valence-electron chi connectivity index (χ2n) is 6.93. The topological polar surface area (TPSA) is 0 Å². The molecule has 0 bridgehead atoms. The molecule has 0 nitrogen and oxygen atoms in total. The summed E-state index contributed by atoms with van der Waals surface area (Å²) in [4.78, 5) is 0. The Morgan fingerprint density at radius 1 is 0.524 bits per heavy atom. The van der Waals surface area contributed by atoms with Gasteiger partial charge in [-0.3, -0.25) is 0 Å². The summed E-state index contributed by atoms with van der Waals surface area (Å²) in [5, 5.41) is 0. The van der Waals surface area contributed by atoms with Crippen molar-refractivity contribution in [1.29, 1.82) is 0 Å². The van der Waals surface area contributed by atoms with E-state index in [1.54, 1.807) is 0 Å². The monoisotopic (exact) mass is 295 g/mol. The second kappa shape index (κ2) is 18.1. The third-order valence-electron chi connectivity index (χ3n) is 4.68. The van der Waals surface area contributed by atoms with E-state index < -0.39 is 0 Å².